The van der Waals surface area contributed by atoms with Gasteiger partial charge in [0.25, 0.3) is 0 Å². The Balaban J connectivity index is 1.51. The Morgan fingerprint density at radius 2 is 1.94 bits per heavy atom. The number of nitrogens with zero attached hydrogens (tertiary/aromatic N) is 4. The van der Waals surface area contributed by atoms with Crippen LogP contribution < -0.4 is 10.6 Å². The van der Waals surface area contributed by atoms with E-state index >= 15 is 0 Å². The van der Waals surface area contributed by atoms with Crippen molar-refractivity contribution in [1.29, 1.82) is 0 Å². The van der Waals surface area contributed by atoms with Crippen molar-refractivity contribution in [2.45, 2.75) is 48.7 Å². The molecular formula is C21H23F3N6O2S2. The summed E-state index contributed by atoms with van der Waals surface area (Å²) in [6, 6.07) is 1.48. The van der Waals surface area contributed by atoms with Gasteiger partial charge in [0.05, 0.1) is 32.9 Å². The molecule has 4 heterocycles. The van der Waals surface area contributed by atoms with Crippen LogP contribution in [0.5, 0.6) is 0 Å². The molecule has 2 N–H and O–H groups in total. The maximum absolute atomic E-state index is 13.7. The number of hydrogen-bond donors (Lipinski definition) is 2. The Labute approximate surface area is 198 Å². The number of hydrogen-bond acceptors (Lipinski definition) is 8. The molecule has 3 aromatic rings. The second-order valence-electron chi connectivity index (χ2n) is 8.66. The van der Waals surface area contributed by atoms with E-state index in [1.165, 1.54) is 11.4 Å². The van der Waals surface area contributed by atoms with E-state index in [4.69, 9.17) is 5.10 Å². The number of anilines is 2. The van der Waals surface area contributed by atoms with Gasteiger partial charge >= 0.3 is 6.18 Å². The summed E-state index contributed by atoms with van der Waals surface area (Å²) in [5.74, 6) is 0.318. The molecule has 0 unspecified atom stereocenters. The standard InChI is InChI=1S/C21H23F3N6O2S2/c1-34(31,32)14-8-17(33-11-14)19-15(21(22,23)24)9-26-20(28-19)27-16-10-30(13-4-6-25-7-5-13)29-18(16)12-2-3-12/h8-13,25H,2-7H2,1H3,(H,26,27,28). The number of halogens is 3. The van der Waals surface area contributed by atoms with Crippen molar-refractivity contribution < 1.29 is 21.6 Å². The predicted molar refractivity (Wildman–Crippen MR) is 122 cm³/mol. The van der Waals surface area contributed by atoms with E-state index in [9.17, 15) is 21.6 Å². The lowest BCUT2D eigenvalue weighted by Crippen LogP contribution is -2.29. The van der Waals surface area contributed by atoms with E-state index in [2.05, 4.69) is 20.6 Å². The van der Waals surface area contributed by atoms with Gasteiger partial charge in [-0.25, -0.2) is 18.4 Å². The molecule has 0 radical (unpaired) electrons. The van der Waals surface area contributed by atoms with Crippen molar-refractivity contribution in [2.24, 2.45) is 0 Å². The zero-order valence-electron chi connectivity index (χ0n) is 18.3. The molecular weight excluding hydrogens is 489 g/mol. The van der Waals surface area contributed by atoms with E-state index < -0.39 is 21.6 Å². The highest BCUT2D eigenvalue weighted by molar-refractivity contribution is 7.90. The van der Waals surface area contributed by atoms with Crippen molar-refractivity contribution in [3.63, 3.8) is 0 Å². The summed E-state index contributed by atoms with van der Waals surface area (Å²) >= 11 is 0.896. The first-order valence-corrected chi connectivity index (χ1v) is 13.7. The smallest absolute Gasteiger partial charge is 0.321 e. The van der Waals surface area contributed by atoms with Crippen LogP contribution in [0, 0.1) is 0 Å². The van der Waals surface area contributed by atoms with Gasteiger partial charge in [-0.1, -0.05) is 0 Å². The van der Waals surface area contributed by atoms with Crippen LogP contribution in [0.25, 0.3) is 10.6 Å². The highest BCUT2D eigenvalue weighted by atomic mass is 32.2. The molecule has 5 rings (SSSR count). The summed E-state index contributed by atoms with van der Waals surface area (Å²) in [5, 5.41) is 12.5. The average molecular weight is 513 g/mol. The van der Waals surface area contributed by atoms with E-state index in [0.717, 1.165) is 68.3 Å². The molecule has 13 heteroatoms. The molecule has 34 heavy (non-hydrogen) atoms. The molecule has 1 saturated carbocycles. The molecule has 1 saturated heterocycles. The molecule has 8 nitrogen and oxygen atoms in total. The van der Waals surface area contributed by atoms with E-state index in [0.29, 0.717) is 11.6 Å². The minimum atomic E-state index is -4.69. The van der Waals surface area contributed by atoms with Crippen LogP contribution in [-0.2, 0) is 16.0 Å². The number of sulfone groups is 1. The lowest BCUT2D eigenvalue weighted by atomic mass is 10.1. The second-order valence-corrected chi connectivity index (χ2v) is 11.6. The maximum atomic E-state index is 13.7. The van der Waals surface area contributed by atoms with Crippen molar-refractivity contribution in [2.75, 3.05) is 24.7 Å². The quantitative estimate of drug-likeness (QED) is 0.506. The number of piperidine rings is 1. The fraction of sp³-hybridized carbons (Fsp3) is 0.476. The van der Waals surface area contributed by atoms with Crippen LogP contribution in [0.15, 0.2) is 28.7 Å². The van der Waals surface area contributed by atoms with Gasteiger partial charge in [-0.3, -0.25) is 4.68 Å². The van der Waals surface area contributed by atoms with Crippen LogP contribution in [-0.4, -0.2) is 47.5 Å². The third-order valence-electron chi connectivity index (χ3n) is 5.98. The molecule has 0 aromatic carbocycles. The predicted octanol–water partition coefficient (Wildman–Crippen LogP) is 4.37. The minimum absolute atomic E-state index is 0.00377. The van der Waals surface area contributed by atoms with Crippen LogP contribution in [0.1, 0.15) is 48.9 Å². The summed E-state index contributed by atoms with van der Waals surface area (Å²) in [7, 11) is -3.56. The Kier molecular flexibility index (Phi) is 5.89. The van der Waals surface area contributed by atoms with Gasteiger partial charge in [-0.05, 0) is 44.8 Å². The topological polar surface area (TPSA) is 102 Å². The summed E-state index contributed by atoms with van der Waals surface area (Å²) in [6.45, 7) is 1.82. The molecule has 3 aromatic heterocycles. The first-order valence-electron chi connectivity index (χ1n) is 10.9. The van der Waals surface area contributed by atoms with Crippen molar-refractivity contribution in [1.82, 2.24) is 25.1 Å². The largest absolute Gasteiger partial charge is 0.420 e. The van der Waals surface area contributed by atoms with Crippen LogP contribution >= 0.6 is 11.3 Å². The fourth-order valence-electron chi connectivity index (χ4n) is 4.01. The Bertz CT molecular complexity index is 1310. The molecule has 0 atom stereocenters. The van der Waals surface area contributed by atoms with Crippen LogP contribution in [0.4, 0.5) is 24.8 Å². The third kappa shape index (κ3) is 4.82. The molecule has 0 amide bonds. The molecule has 182 valence electrons. The summed E-state index contributed by atoms with van der Waals surface area (Å²) in [5.41, 5.74) is 0.185. The zero-order chi connectivity index (χ0) is 24.1. The average Bonchev–Trinajstić information content (AvgIpc) is 3.33. The van der Waals surface area contributed by atoms with Crippen molar-refractivity contribution in [3.8, 4) is 10.6 Å². The summed E-state index contributed by atoms with van der Waals surface area (Å²) < 4.78 is 66.7. The number of alkyl halides is 3. The molecule has 0 bridgehead atoms. The van der Waals surface area contributed by atoms with Gasteiger partial charge < -0.3 is 10.6 Å². The monoisotopic (exact) mass is 512 g/mol. The molecule has 1 aliphatic heterocycles. The van der Waals surface area contributed by atoms with Crippen molar-refractivity contribution >= 4 is 32.8 Å². The maximum Gasteiger partial charge on any atom is 0.420 e. The molecule has 2 fully saturated rings. The normalized spacial score (nSPS) is 17.8. The fourth-order valence-corrected chi connectivity index (χ4v) is 6.04. The van der Waals surface area contributed by atoms with Crippen LogP contribution in [0.2, 0.25) is 0 Å². The second kappa shape index (κ2) is 8.61. The highest BCUT2D eigenvalue weighted by Crippen LogP contribution is 2.44. The highest BCUT2D eigenvalue weighted by Gasteiger charge is 2.36. The van der Waals surface area contributed by atoms with E-state index in [-0.39, 0.29) is 27.5 Å². The Morgan fingerprint density at radius 1 is 1.21 bits per heavy atom. The summed E-state index contributed by atoms with van der Waals surface area (Å²) in [6.07, 6.45) is 2.87. The van der Waals surface area contributed by atoms with Gasteiger partial charge in [0.2, 0.25) is 5.95 Å². The lowest BCUT2D eigenvalue weighted by Gasteiger charge is -2.22. The number of aromatic nitrogens is 4. The number of thiophene rings is 1. The van der Waals surface area contributed by atoms with Gasteiger partial charge in [-0.2, -0.15) is 18.3 Å². The van der Waals surface area contributed by atoms with Gasteiger partial charge in [-0.15, -0.1) is 11.3 Å². The molecule has 1 aliphatic carbocycles. The van der Waals surface area contributed by atoms with E-state index in [1.54, 1.807) is 0 Å². The van der Waals surface area contributed by atoms with Crippen LogP contribution in [0.3, 0.4) is 0 Å². The van der Waals surface area contributed by atoms with Gasteiger partial charge in [0.1, 0.15) is 5.56 Å². The summed E-state index contributed by atoms with van der Waals surface area (Å²) in [4.78, 5) is 8.15. The molecule has 0 spiro atoms. The Hall–Kier alpha value is -2.51. The number of rotatable bonds is 6. The molecule has 2 aliphatic rings. The Morgan fingerprint density at radius 3 is 2.56 bits per heavy atom. The lowest BCUT2D eigenvalue weighted by molar-refractivity contribution is -0.137. The van der Waals surface area contributed by atoms with Crippen molar-refractivity contribution in [3.05, 3.63) is 35.1 Å². The first-order chi connectivity index (χ1) is 16.1. The SMILES string of the molecule is CS(=O)(=O)c1csc(-c2nc(Nc3cn(C4CCNCC4)nc3C3CC3)ncc2C(F)(F)F)c1. The zero-order valence-corrected chi connectivity index (χ0v) is 19.9. The third-order valence-corrected chi connectivity index (χ3v) is 8.16. The van der Waals surface area contributed by atoms with E-state index in [1.807, 2.05) is 10.9 Å². The van der Waals surface area contributed by atoms with Gasteiger partial charge in [0.15, 0.2) is 9.84 Å². The number of nitrogens with one attached hydrogen (secondary N) is 2. The first kappa shape index (κ1) is 23.2. The van der Waals surface area contributed by atoms with Gasteiger partial charge in [0, 0.05) is 29.9 Å². The minimum Gasteiger partial charge on any atom is -0.321 e.